The van der Waals surface area contributed by atoms with Crippen molar-refractivity contribution < 1.29 is 19.4 Å². The lowest BCUT2D eigenvalue weighted by atomic mass is 9.90. The van der Waals surface area contributed by atoms with Gasteiger partial charge in [-0.1, -0.05) is 0 Å². The highest BCUT2D eigenvalue weighted by Crippen LogP contribution is 2.20. The third-order valence-corrected chi connectivity index (χ3v) is 2.27. The first-order valence-electron chi connectivity index (χ1n) is 5.33. The molecule has 0 rings (SSSR count). The lowest BCUT2D eigenvalue weighted by Gasteiger charge is -2.20. The predicted molar refractivity (Wildman–Crippen MR) is 57.9 cm³/mol. The van der Waals surface area contributed by atoms with Crippen molar-refractivity contribution in [1.29, 1.82) is 0 Å². The van der Waals surface area contributed by atoms with E-state index in [1.54, 1.807) is 13.8 Å². The molecule has 0 heterocycles. The lowest BCUT2D eigenvalue weighted by molar-refractivity contribution is -0.148. The standard InChI is InChI=1S/C11H22O4/c1-5-14-8-9(2)15-7-6-11(3,4)10(12)13/h9H,5-8H2,1-4H3,(H,12,13). The van der Waals surface area contributed by atoms with Gasteiger partial charge in [0.1, 0.15) is 0 Å². The fourth-order valence-corrected chi connectivity index (χ4v) is 0.954. The van der Waals surface area contributed by atoms with Gasteiger partial charge in [-0.3, -0.25) is 4.79 Å². The number of hydrogen-bond donors (Lipinski definition) is 1. The molecule has 15 heavy (non-hydrogen) atoms. The molecule has 90 valence electrons. The van der Waals surface area contributed by atoms with Gasteiger partial charge >= 0.3 is 5.97 Å². The summed E-state index contributed by atoms with van der Waals surface area (Å²) in [6.45, 7) is 8.94. The maximum absolute atomic E-state index is 10.8. The van der Waals surface area contributed by atoms with Crippen LogP contribution in [-0.4, -0.2) is 37.0 Å². The molecule has 0 radical (unpaired) electrons. The summed E-state index contributed by atoms with van der Waals surface area (Å²) < 4.78 is 10.6. The number of rotatable bonds is 8. The van der Waals surface area contributed by atoms with Gasteiger partial charge in [-0.2, -0.15) is 0 Å². The van der Waals surface area contributed by atoms with E-state index in [9.17, 15) is 4.79 Å². The summed E-state index contributed by atoms with van der Waals surface area (Å²) in [5, 5.41) is 8.87. The minimum atomic E-state index is -0.788. The van der Waals surface area contributed by atoms with Gasteiger partial charge in [-0.15, -0.1) is 0 Å². The van der Waals surface area contributed by atoms with Gasteiger partial charge in [0, 0.05) is 13.2 Å². The van der Waals surface area contributed by atoms with E-state index in [-0.39, 0.29) is 6.10 Å². The first-order chi connectivity index (χ1) is 6.90. The Balaban J connectivity index is 3.65. The summed E-state index contributed by atoms with van der Waals surface area (Å²) in [6.07, 6.45) is 0.535. The van der Waals surface area contributed by atoms with Crippen LogP contribution in [0.15, 0.2) is 0 Å². The zero-order chi connectivity index (χ0) is 11.9. The van der Waals surface area contributed by atoms with Crippen molar-refractivity contribution in [2.75, 3.05) is 19.8 Å². The van der Waals surface area contributed by atoms with Crippen LogP contribution >= 0.6 is 0 Å². The average molecular weight is 218 g/mol. The summed E-state index contributed by atoms with van der Waals surface area (Å²) in [5.41, 5.74) is -0.717. The van der Waals surface area contributed by atoms with E-state index in [1.807, 2.05) is 13.8 Å². The smallest absolute Gasteiger partial charge is 0.309 e. The Morgan fingerprint density at radius 3 is 2.53 bits per heavy atom. The minimum Gasteiger partial charge on any atom is -0.481 e. The second-order valence-electron chi connectivity index (χ2n) is 4.28. The van der Waals surface area contributed by atoms with Crippen molar-refractivity contribution in [3.05, 3.63) is 0 Å². The van der Waals surface area contributed by atoms with Gasteiger partial charge in [0.05, 0.1) is 18.1 Å². The molecule has 0 aromatic rings. The quantitative estimate of drug-likeness (QED) is 0.676. The molecule has 0 aromatic carbocycles. The van der Waals surface area contributed by atoms with Crippen LogP contribution in [0.1, 0.15) is 34.1 Å². The van der Waals surface area contributed by atoms with Crippen LogP contribution in [0, 0.1) is 5.41 Å². The molecular formula is C11H22O4. The minimum absolute atomic E-state index is 0.0227. The van der Waals surface area contributed by atoms with Gasteiger partial charge < -0.3 is 14.6 Å². The fourth-order valence-electron chi connectivity index (χ4n) is 0.954. The molecule has 0 saturated carbocycles. The lowest BCUT2D eigenvalue weighted by Crippen LogP contribution is -2.27. The van der Waals surface area contributed by atoms with Crippen LogP contribution in [0.4, 0.5) is 0 Å². The van der Waals surface area contributed by atoms with Gasteiger partial charge in [0.25, 0.3) is 0 Å². The van der Waals surface area contributed by atoms with Crippen LogP contribution in [0.5, 0.6) is 0 Å². The fraction of sp³-hybridized carbons (Fsp3) is 0.909. The summed E-state index contributed by atoms with van der Waals surface area (Å²) in [5.74, 6) is -0.788. The van der Waals surface area contributed by atoms with Crippen LogP contribution < -0.4 is 0 Å². The van der Waals surface area contributed by atoms with Gasteiger partial charge in [0.15, 0.2) is 0 Å². The molecule has 0 aromatic heterocycles. The van der Waals surface area contributed by atoms with E-state index >= 15 is 0 Å². The highest BCUT2D eigenvalue weighted by Gasteiger charge is 2.26. The molecule has 1 unspecified atom stereocenters. The first kappa shape index (κ1) is 14.4. The topological polar surface area (TPSA) is 55.8 Å². The van der Waals surface area contributed by atoms with E-state index in [0.717, 1.165) is 0 Å². The Morgan fingerprint density at radius 1 is 1.47 bits per heavy atom. The highest BCUT2D eigenvalue weighted by atomic mass is 16.5. The van der Waals surface area contributed by atoms with Gasteiger partial charge in [-0.05, 0) is 34.1 Å². The molecule has 0 bridgehead atoms. The average Bonchev–Trinajstić information content (AvgIpc) is 2.14. The summed E-state index contributed by atoms with van der Waals surface area (Å²) in [4.78, 5) is 10.8. The molecular weight excluding hydrogens is 196 g/mol. The van der Waals surface area contributed by atoms with Crippen molar-refractivity contribution >= 4 is 5.97 Å². The Bertz CT molecular complexity index is 189. The van der Waals surface area contributed by atoms with E-state index in [1.165, 1.54) is 0 Å². The zero-order valence-corrected chi connectivity index (χ0v) is 10.1. The Labute approximate surface area is 91.6 Å². The maximum atomic E-state index is 10.8. The number of hydrogen-bond acceptors (Lipinski definition) is 3. The van der Waals surface area contributed by atoms with E-state index < -0.39 is 11.4 Å². The Kier molecular flexibility index (Phi) is 6.52. The molecule has 0 aliphatic heterocycles. The first-order valence-corrected chi connectivity index (χ1v) is 5.33. The van der Waals surface area contributed by atoms with Crippen molar-refractivity contribution in [3.63, 3.8) is 0 Å². The van der Waals surface area contributed by atoms with Crippen molar-refractivity contribution in [2.24, 2.45) is 5.41 Å². The van der Waals surface area contributed by atoms with E-state index in [4.69, 9.17) is 14.6 Å². The molecule has 0 spiro atoms. The molecule has 0 fully saturated rings. The second-order valence-corrected chi connectivity index (χ2v) is 4.28. The molecule has 4 heteroatoms. The third kappa shape index (κ3) is 6.47. The SMILES string of the molecule is CCOCC(C)OCCC(C)(C)C(=O)O. The molecule has 0 aliphatic rings. The van der Waals surface area contributed by atoms with Gasteiger partial charge in [0.2, 0.25) is 0 Å². The molecule has 0 saturated heterocycles. The zero-order valence-electron chi connectivity index (χ0n) is 10.1. The third-order valence-electron chi connectivity index (χ3n) is 2.27. The van der Waals surface area contributed by atoms with Crippen LogP contribution in [0.2, 0.25) is 0 Å². The number of carbonyl (C=O) groups is 1. The predicted octanol–water partition coefficient (Wildman–Crippen LogP) is 1.93. The number of ether oxygens (including phenoxy) is 2. The summed E-state index contributed by atoms with van der Waals surface area (Å²) >= 11 is 0. The van der Waals surface area contributed by atoms with E-state index in [2.05, 4.69) is 0 Å². The molecule has 0 amide bonds. The largest absolute Gasteiger partial charge is 0.481 e. The second kappa shape index (κ2) is 6.80. The molecule has 0 aliphatic carbocycles. The van der Waals surface area contributed by atoms with E-state index in [0.29, 0.717) is 26.2 Å². The number of carboxylic acids is 1. The molecule has 4 nitrogen and oxygen atoms in total. The van der Waals surface area contributed by atoms with Crippen LogP contribution in [0.3, 0.4) is 0 Å². The number of carboxylic acid groups (broad SMARTS) is 1. The molecule has 1 N–H and O–H groups in total. The Morgan fingerprint density at radius 2 is 2.07 bits per heavy atom. The van der Waals surface area contributed by atoms with Crippen molar-refractivity contribution in [2.45, 2.75) is 40.2 Å². The summed E-state index contributed by atoms with van der Waals surface area (Å²) in [7, 11) is 0. The van der Waals surface area contributed by atoms with Crippen LogP contribution in [0.25, 0.3) is 0 Å². The highest BCUT2D eigenvalue weighted by molar-refractivity contribution is 5.73. The molecule has 1 atom stereocenters. The number of aliphatic carboxylic acids is 1. The maximum Gasteiger partial charge on any atom is 0.309 e. The van der Waals surface area contributed by atoms with Crippen molar-refractivity contribution in [3.8, 4) is 0 Å². The van der Waals surface area contributed by atoms with Crippen molar-refractivity contribution in [1.82, 2.24) is 0 Å². The monoisotopic (exact) mass is 218 g/mol. The normalized spacial score (nSPS) is 13.9. The van der Waals surface area contributed by atoms with Crippen LogP contribution in [-0.2, 0) is 14.3 Å². The summed E-state index contributed by atoms with van der Waals surface area (Å²) in [6, 6.07) is 0. The Hall–Kier alpha value is -0.610. The van der Waals surface area contributed by atoms with Gasteiger partial charge in [-0.25, -0.2) is 0 Å².